The summed E-state index contributed by atoms with van der Waals surface area (Å²) in [5.74, 6) is 0.458. The maximum atomic E-state index is 11.6. The van der Waals surface area contributed by atoms with E-state index in [1.807, 2.05) is 13.8 Å². The number of hydrogen-bond donors (Lipinski definition) is 2. The van der Waals surface area contributed by atoms with Gasteiger partial charge in [-0.1, -0.05) is 13.8 Å². The Bertz CT molecular complexity index is 487. The summed E-state index contributed by atoms with van der Waals surface area (Å²) in [5, 5.41) is 5.72. The molecule has 6 heteroatoms. The number of anilines is 1. The number of nitrogens with zero attached hydrogens (tertiary/aromatic N) is 1. The van der Waals surface area contributed by atoms with Gasteiger partial charge in [0.1, 0.15) is 5.82 Å². The van der Waals surface area contributed by atoms with Crippen LogP contribution in [-0.2, 0) is 9.53 Å². The molecule has 6 nitrogen and oxygen atoms in total. The maximum absolute atomic E-state index is 11.6. The van der Waals surface area contributed by atoms with Gasteiger partial charge in [0.05, 0.1) is 24.9 Å². The van der Waals surface area contributed by atoms with Gasteiger partial charge in [0, 0.05) is 6.54 Å². The number of nitrogens with one attached hydrogen (secondary N) is 2. The molecule has 0 bridgehead atoms. The molecule has 0 radical (unpaired) electrons. The molecule has 0 saturated carbocycles. The molecular weight excluding hydrogens is 258 g/mol. The van der Waals surface area contributed by atoms with Crippen molar-refractivity contribution in [1.29, 1.82) is 0 Å². The van der Waals surface area contributed by atoms with E-state index in [0.717, 1.165) is 0 Å². The second kappa shape index (κ2) is 7.47. The third-order valence-electron chi connectivity index (χ3n) is 2.63. The van der Waals surface area contributed by atoms with Crippen molar-refractivity contribution in [1.82, 2.24) is 10.3 Å². The Balaban J connectivity index is 2.55. The second-order valence-corrected chi connectivity index (χ2v) is 4.87. The highest BCUT2D eigenvalue weighted by Crippen LogP contribution is 2.11. The standard InChI is InChI=1S/C14H21N3O3/c1-9(2)7-16-13(18)8-15-12-6-5-11(10(3)17-12)14(19)20-4/h5-6,9H,7-8H2,1-4H3,(H,15,17)(H,16,18). The number of hydrogen-bond acceptors (Lipinski definition) is 5. The largest absolute Gasteiger partial charge is 0.465 e. The van der Waals surface area contributed by atoms with Crippen LogP contribution in [0.25, 0.3) is 0 Å². The monoisotopic (exact) mass is 279 g/mol. The van der Waals surface area contributed by atoms with E-state index in [2.05, 4.69) is 20.4 Å². The lowest BCUT2D eigenvalue weighted by Gasteiger charge is -2.10. The maximum Gasteiger partial charge on any atom is 0.339 e. The number of amides is 1. The number of pyridine rings is 1. The van der Waals surface area contributed by atoms with Crippen LogP contribution in [0.15, 0.2) is 12.1 Å². The van der Waals surface area contributed by atoms with Gasteiger partial charge >= 0.3 is 5.97 Å². The molecule has 0 atom stereocenters. The summed E-state index contributed by atoms with van der Waals surface area (Å²) in [5.41, 5.74) is 0.978. The van der Waals surface area contributed by atoms with Crippen molar-refractivity contribution < 1.29 is 14.3 Å². The van der Waals surface area contributed by atoms with Gasteiger partial charge in [-0.25, -0.2) is 9.78 Å². The van der Waals surface area contributed by atoms with E-state index in [9.17, 15) is 9.59 Å². The Morgan fingerprint density at radius 3 is 2.60 bits per heavy atom. The lowest BCUT2D eigenvalue weighted by molar-refractivity contribution is -0.119. The fourth-order valence-electron chi connectivity index (χ4n) is 1.54. The summed E-state index contributed by atoms with van der Waals surface area (Å²) in [6.45, 7) is 6.58. The lowest BCUT2D eigenvalue weighted by Crippen LogP contribution is -2.32. The zero-order valence-electron chi connectivity index (χ0n) is 12.3. The first-order valence-electron chi connectivity index (χ1n) is 6.50. The Morgan fingerprint density at radius 2 is 2.05 bits per heavy atom. The van der Waals surface area contributed by atoms with E-state index in [-0.39, 0.29) is 12.5 Å². The lowest BCUT2D eigenvalue weighted by atomic mass is 10.2. The smallest absolute Gasteiger partial charge is 0.339 e. The molecular formula is C14H21N3O3. The van der Waals surface area contributed by atoms with Crippen molar-refractivity contribution in [2.45, 2.75) is 20.8 Å². The average molecular weight is 279 g/mol. The minimum atomic E-state index is -0.420. The van der Waals surface area contributed by atoms with Crippen LogP contribution in [0, 0.1) is 12.8 Å². The van der Waals surface area contributed by atoms with E-state index in [1.165, 1.54) is 7.11 Å². The SMILES string of the molecule is COC(=O)c1ccc(NCC(=O)NCC(C)C)nc1C. The highest BCUT2D eigenvalue weighted by molar-refractivity contribution is 5.90. The molecule has 2 N–H and O–H groups in total. The van der Waals surface area contributed by atoms with Gasteiger partial charge in [0.2, 0.25) is 5.91 Å². The number of ether oxygens (including phenoxy) is 1. The van der Waals surface area contributed by atoms with E-state index in [0.29, 0.717) is 29.5 Å². The van der Waals surface area contributed by atoms with Gasteiger partial charge in [0.15, 0.2) is 0 Å². The molecule has 1 aromatic heterocycles. The summed E-state index contributed by atoms with van der Waals surface area (Å²) in [7, 11) is 1.33. The molecule has 0 aliphatic heterocycles. The van der Waals surface area contributed by atoms with Crippen LogP contribution in [0.2, 0.25) is 0 Å². The Morgan fingerprint density at radius 1 is 1.35 bits per heavy atom. The molecule has 0 unspecified atom stereocenters. The molecule has 0 saturated heterocycles. The van der Waals surface area contributed by atoms with E-state index < -0.39 is 5.97 Å². The van der Waals surface area contributed by atoms with Crippen molar-refractivity contribution in [2.75, 3.05) is 25.5 Å². The van der Waals surface area contributed by atoms with Crippen LogP contribution >= 0.6 is 0 Å². The fourth-order valence-corrected chi connectivity index (χ4v) is 1.54. The van der Waals surface area contributed by atoms with Crippen molar-refractivity contribution in [3.63, 3.8) is 0 Å². The number of esters is 1. The summed E-state index contributed by atoms with van der Waals surface area (Å²) >= 11 is 0. The number of aromatic nitrogens is 1. The molecule has 0 fully saturated rings. The Kier molecular flexibility index (Phi) is 5.96. The van der Waals surface area contributed by atoms with Gasteiger partial charge in [-0.3, -0.25) is 4.79 Å². The molecule has 0 spiro atoms. The van der Waals surface area contributed by atoms with Gasteiger partial charge < -0.3 is 15.4 Å². The van der Waals surface area contributed by atoms with Crippen LogP contribution in [0.4, 0.5) is 5.82 Å². The third kappa shape index (κ3) is 4.87. The number of carbonyl (C=O) groups is 2. The van der Waals surface area contributed by atoms with E-state index in [1.54, 1.807) is 19.1 Å². The van der Waals surface area contributed by atoms with Crippen LogP contribution in [-0.4, -0.2) is 37.1 Å². The first kappa shape index (κ1) is 15.9. The van der Waals surface area contributed by atoms with Gasteiger partial charge in [-0.15, -0.1) is 0 Å². The van der Waals surface area contributed by atoms with Crippen molar-refractivity contribution in [3.8, 4) is 0 Å². The van der Waals surface area contributed by atoms with Crippen LogP contribution in [0.3, 0.4) is 0 Å². The van der Waals surface area contributed by atoms with Crippen LogP contribution < -0.4 is 10.6 Å². The highest BCUT2D eigenvalue weighted by atomic mass is 16.5. The zero-order valence-corrected chi connectivity index (χ0v) is 12.3. The van der Waals surface area contributed by atoms with E-state index in [4.69, 9.17) is 0 Å². The predicted molar refractivity (Wildman–Crippen MR) is 76.7 cm³/mol. The van der Waals surface area contributed by atoms with E-state index >= 15 is 0 Å². The molecule has 110 valence electrons. The molecule has 1 aromatic rings. The highest BCUT2D eigenvalue weighted by Gasteiger charge is 2.11. The molecule has 1 amide bonds. The second-order valence-electron chi connectivity index (χ2n) is 4.87. The van der Waals surface area contributed by atoms with Gasteiger partial charge in [-0.05, 0) is 25.0 Å². The Labute approximate surface area is 118 Å². The fraction of sp³-hybridized carbons (Fsp3) is 0.500. The molecule has 0 aromatic carbocycles. The average Bonchev–Trinajstić information content (AvgIpc) is 2.42. The summed E-state index contributed by atoms with van der Waals surface area (Å²) in [6.07, 6.45) is 0. The summed E-state index contributed by atoms with van der Waals surface area (Å²) in [6, 6.07) is 3.28. The molecule has 0 aliphatic carbocycles. The minimum absolute atomic E-state index is 0.0878. The van der Waals surface area contributed by atoms with Crippen LogP contribution in [0.1, 0.15) is 29.9 Å². The normalized spacial score (nSPS) is 10.2. The third-order valence-corrected chi connectivity index (χ3v) is 2.63. The minimum Gasteiger partial charge on any atom is -0.465 e. The zero-order chi connectivity index (χ0) is 15.1. The number of rotatable bonds is 6. The van der Waals surface area contributed by atoms with Crippen molar-refractivity contribution in [3.05, 3.63) is 23.4 Å². The first-order valence-corrected chi connectivity index (χ1v) is 6.50. The number of methoxy groups -OCH3 is 1. The first-order chi connectivity index (χ1) is 9.43. The number of carbonyl (C=O) groups excluding carboxylic acids is 2. The summed E-state index contributed by atoms with van der Waals surface area (Å²) < 4.78 is 4.65. The quantitative estimate of drug-likeness (QED) is 0.769. The number of aryl methyl sites for hydroxylation is 1. The van der Waals surface area contributed by atoms with Gasteiger partial charge in [0.25, 0.3) is 0 Å². The van der Waals surface area contributed by atoms with Crippen molar-refractivity contribution >= 4 is 17.7 Å². The molecule has 20 heavy (non-hydrogen) atoms. The van der Waals surface area contributed by atoms with Gasteiger partial charge in [-0.2, -0.15) is 0 Å². The topological polar surface area (TPSA) is 80.3 Å². The predicted octanol–water partition coefficient (Wildman–Crippen LogP) is 1.36. The summed E-state index contributed by atoms with van der Waals surface area (Å²) in [4.78, 5) is 27.2. The molecule has 1 rings (SSSR count). The molecule has 0 aliphatic rings. The van der Waals surface area contributed by atoms with Crippen molar-refractivity contribution in [2.24, 2.45) is 5.92 Å². The van der Waals surface area contributed by atoms with Crippen LogP contribution in [0.5, 0.6) is 0 Å². The Hall–Kier alpha value is -2.11. The molecule has 1 heterocycles.